The third-order valence-corrected chi connectivity index (χ3v) is 4.67. The number of carbonyl (C=O) groups is 1. The fourth-order valence-electron chi connectivity index (χ4n) is 3.10. The summed E-state index contributed by atoms with van der Waals surface area (Å²) in [6, 6.07) is 21.7. The van der Waals surface area contributed by atoms with Crippen LogP contribution in [0.2, 0.25) is 0 Å². The van der Waals surface area contributed by atoms with Gasteiger partial charge < -0.3 is 10.3 Å². The normalized spacial score (nSPS) is 10.9. The number of rotatable bonds is 6. The van der Waals surface area contributed by atoms with Crippen molar-refractivity contribution in [3.63, 3.8) is 0 Å². The van der Waals surface area contributed by atoms with E-state index in [1.807, 2.05) is 48.5 Å². The number of H-pyrrole nitrogens is 1. The molecule has 1 heterocycles. The van der Waals surface area contributed by atoms with Gasteiger partial charge in [0, 0.05) is 18.5 Å². The van der Waals surface area contributed by atoms with E-state index in [-0.39, 0.29) is 11.7 Å². The van der Waals surface area contributed by atoms with E-state index in [4.69, 9.17) is 0 Å². The maximum atomic E-state index is 12.9. The number of hydrogen-bond donors (Lipinski definition) is 2. The van der Waals surface area contributed by atoms with Crippen LogP contribution in [0.4, 0.5) is 4.39 Å². The maximum Gasteiger partial charge on any atom is 0.251 e. The largest absolute Gasteiger partial charge is 0.348 e. The second-order valence-electron chi connectivity index (χ2n) is 6.71. The van der Waals surface area contributed by atoms with Crippen molar-refractivity contribution in [3.8, 4) is 0 Å². The van der Waals surface area contributed by atoms with Gasteiger partial charge >= 0.3 is 0 Å². The van der Waals surface area contributed by atoms with Crippen LogP contribution in [0.15, 0.2) is 72.8 Å². The quantitative estimate of drug-likeness (QED) is 0.526. The Morgan fingerprint density at radius 2 is 1.61 bits per heavy atom. The molecule has 1 aromatic heterocycles. The zero-order valence-corrected chi connectivity index (χ0v) is 15.3. The summed E-state index contributed by atoms with van der Waals surface area (Å²) in [6.07, 6.45) is 1.65. The zero-order chi connectivity index (χ0) is 19.3. The molecule has 0 bridgehead atoms. The van der Waals surface area contributed by atoms with Gasteiger partial charge in [0.15, 0.2) is 0 Å². The fraction of sp³-hybridized carbons (Fsp3) is 0.130. The van der Waals surface area contributed by atoms with Crippen LogP contribution in [0.1, 0.15) is 27.3 Å². The molecule has 4 aromatic rings. The van der Waals surface area contributed by atoms with Gasteiger partial charge in [0.1, 0.15) is 11.6 Å². The number of para-hydroxylation sites is 2. The number of aromatic nitrogens is 2. The van der Waals surface area contributed by atoms with Crippen molar-refractivity contribution in [2.24, 2.45) is 0 Å². The molecule has 140 valence electrons. The average molecular weight is 373 g/mol. The monoisotopic (exact) mass is 373 g/mol. The summed E-state index contributed by atoms with van der Waals surface area (Å²) in [5, 5.41) is 2.85. The van der Waals surface area contributed by atoms with Crippen LogP contribution in [0, 0.1) is 5.82 Å². The lowest BCUT2D eigenvalue weighted by Crippen LogP contribution is -2.22. The zero-order valence-electron chi connectivity index (χ0n) is 15.3. The number of benzene rings is 3. The number of fused-ring (bicyclic) bond motifs is 1. The SMILES string of the molecule is O=C(NCc1ccc(F)cc1)c1ccc(CCc2nc3ccccc3[nH]2)cc1. The summed E-state index contributed by atoms with van der Waals surface area (Å²) in [7, 11) is 0. The Balaban J connectivity index is 1.32. The van der Waals surface area contributed by atoms with Crippen molar-refractivity contribution in [1.82, 2.24) is 15.3 Å². The Hall–Kier alpha value is -3.47. The highest BCUT2D eigenvalue weighted by Gasteiger charge is 2.07. The summed E-state index contributed by atoms with van der Waals surface area (Å²) in [5.74, 6) is 0.531. The Morgan fingerprint density at radius 1 is 0.893 bits per heavy atom. The van der Waals surface area contributed by atoms with E-state index < -0.39 is 0 Å². The lowest BCUT2D eigenvalue weighted by Gasteiger charge is -2.06. The molecule has 5 heteroatoms. The minimum Gasteiger partial charge on any atom is -0.348 e. The van der Waals surface area contributed by atoms with Gasteiger partial charge in [-0.15, -0.1) is 0 Å². The first-order valence-electron chi connectivity index (χ1n) is 9.22. The Bertz CT molecular complexity index is 1050. The summed E-state index contributed by atoms with van der Waals surface area (Å²) in [4.78, 5) is 20.2. The molecule has 3 aromatic carbocycles. The van der Waals surface area contributed by atoms with Crippen LogP contribution in [-0.4, -0.2) is 15.9 Å². The molecule has 0 radical (unpaired) electrons. The van der Waals surface area contributed by atoms with Crippen molar-refractivity contribution in [3.05, 3.63) is 101 Å². The van der Waals surface area contributed by atoms with E-state index in [0.717, 1.165) is 40.8 Å². The van der Waals surface area contributed by atoms with Crippen LogP contribution in [0.5, 0.6) is 0 Å². The van der Waals surface area contributed by atoms with Gasteiger partial charge in [0.25, 0.3) is 5.91 Å². The first-order chi connectivity index (χ1) is 13.7. The topological polar surface area (TPSA) is 57.8 Å². The lowest BCUT2D eigenvalue weighted by atomic mass is 10.1. The van der Waals surface area contributed by atoms with Crippen molar-refractivity contribution < 1.29 is 9.18 Å². The Morgan fingerprint density at radius 3 is 2.36 bits per heavy atom. The standard InChI is InChI=1S/C23H20FN3O/c24-19-12-7-17(8-13-19)15-25-23(28)18-10-5-16(6-11-18)9-14-22-26-20-3-1-2-4-21(20)27-22/h1-8,10-13H,9,14-15H2,(H,25,28)(H,26,27). The molecule has 0 unspecified atom stereocenters. The Labute approximate surface area is 162 Å². The molecule has 0 aliphatic heterocycles. The summed E-state index contributed by atoms with van der Waals surface area (Å²) in [6.45, 7) is 0.368. The van der Waals surface area contributed by atoms with Gasteiger partial charge in [0.2, 0.25) is 0 Å². The number of imidazole rings is 1. The summed E-state index contributed by atoms with van der Waals surface area (Å²) in [5.41, 5.74) is 4.64. The van der Waals surface area contributed by atoms with E-state index in [0.29, 0.717) is 12.1 Å². The number of hydrogen-bond acceptors (Lipinski definition) is 2. The first-order valence-corrected chi connectivity index (χ1v) is 9.22. The molecule has 0 fully saturated rings. The predicted molar refractivity (Wildman–Crippen MR) is 108 cm³/mol. The van der Waals surface area contributed by atoms with E-state index in [1.165, 1.54) is 12.1 Å². The number of carbonyl (C=O) groups excluding carboxylic acids is 1. The van der Waals surface area contributed by atoms with Gasteiger partial charge in [-0.2, -0.15) is 0 Å². The minimum atomic E-state index is -0.284. The number of amides is 1. The fourth-order valence-corrected chi connectivity index (χ4v) is 3.10. The molecule has 0 atom stereocenters. The van der Waals surface area contributed by atoms with Crippen LogP contribution in [-0.2, 0) is 19.4 Å². The van der Waals surface area contributed by atoms with Crippen molar-refractivity contribution in [2.75, 3.05) is 0 Å². The second-order valence-corrected chi connectivity index (χ2v) is 6.71. The van der Waals surface area contributed by atoms with E-state index >= 15 is 0 Å². The third-order valence-electron chi connectivity index (χ3n) is 4.67. The van der Waals surface area contributed by atoms with Gasteiger partial charge in [-0.3, -0.25) is 4.79 Å². The van der Waals surface area contributed by atoms with E-state index in [1.54, 1.807) is 12.1 Å². The molecule has 4 rings (SSSR count). The highest BCUT2D eigenvalue weighted by molar-refractivity contribution is 5.94. The smallest absolute Gasteiger partial charge is 0.251 e. The Kier molecular flexibility index (Phi) is 5.15. The molecule has 1 amide bonds. The molecule has 0 saturated carbocycles. The third kappa shape index (κ3) is 4.26. The summed E-state index contributed by atoms with van der Waals surface area (Å²) >= 11 is 0. The molecule has 28 heavy (non-hydrogen) atoms. The maximum absolute atomic E-state index is 12.9. The molecule has 4 nitrogen and oxygen atoms in total. The van der Waals surface area contributed by atoms with Crippen molar-refractivity contribution in [1.29, 1.82) is 0 Å². The molecular weight excluding hydrogens is 353 g/mol. The molecule has 0 saturated heterocycles. The molecule has 0 aliphatic rings. The van der Waals surface area contributed by atoms with Crippen LogP contribution in [0.25, 0.3) is 11.0 Å². The van der Waals surface area contributed by atoms with Crippen molar-refractivity contribution >= 4 is 16.9 Å². The van der Waals surface area contributed by atoms with E-state index in [2.05, 4.69) is 15.3 Å². The highest BCUT2D eigenvalue weighted by Crippen LogP contribution is 2.13. The minimum absolute atomic E-state index is 0.145. The number of halogens is 1. The average Bonchev–Trinajstić information content (AvgIpc) is 3.15. The molecule has 2 N–H and O–H groups in total. The summed E-state index contributed by atoms with van der Waals surface area (Å²) < 4.78 is 12.9. The van der Waals surface area contributed by atoms with Crippen LogP contribution < -0.4 is 5.32 Å². The number of aryl methyl sites for hydroxylation is 2. The van der Waals surface area contributed by atoms with Crippen molar-refractivity contribution in [2.45, 2.75) is 19.4 Å². The van der Waals surface area contributed by atoms with Gasteiger partial charge in [0.05, 0.1) is 11.0 Å². The van der Waals surface area contributed by atoms with E-state index in [9.17, 15) is 9.18 Å². The first kappa shape index (κ1) is 17.9. The molecule has 0 spiro atoms. The van der Waals surface area contributed by atoms with Gasteiger partial charge in [-0.1, -0.05) is 36.4 Å². The number of nitrogens with zero attached hydrogens (tertiary/aromatic N) is 1. The van der Waals surface area contributed by atoms with Gasteiger partial charge in [-0.25, -0.2) is 9.37 Å². The molecular formula is C23H20FN3O. The highest BCUT2D eigenvalue weighted by atomic mass is 19.1. The number of nitrogens with one attached hydrogen (secondary N) is 2. The predicted octanol–water partition coefficient (Wildman–Crippen LogP) is 4.42. The number of aromatic amines is 1. The molecule has 0 aliphatic carbocycles. The van der Waals surface area contributed by atoms with Crippen LogP contribution in [0.3, 0.4) is 0 Å². The lowest BCUT2D eigenvalue weighted by molar-refractivity contribution is 0.0951. The van der Waals surface area contributed by atoms with Gasteiger partial charge in [-0.05, 0) is 53.9 Å². The van der Waals surface area contributed by atoms with Crippen LogP contribution >= 0.6 is 0 Å². The second kappa shape index (κ2) is 8.05.